The second-order valence-corrected chi connectivity index (χ2v) is 5.46. The van der Waals surface area contributed by atoms with Crippen molar-refractivity contribution in [2.24, 2.45) is 0 Å². The van der Waals surface area contributed by atoms with Crippen LogP contribution in [-0.2, 0) is 6.54 Å². The van der Waals surface area contributed by atoms with Gasteiger partial charge in [0.25, 0.3) is 5.91 Å². The summed E-state index contributed by atoms with van der Waals surface area (Å²) in [5, 5.41) is 0.988. The number of nitrogens with zero attached hydrogens (tertiary/aromatic N) is 1. The summed E-state index contributed by atoms with van der Waals surface area (Å²) in [5.74, 6) is 0.0934. The van der Waals surface area contributed by atoms with Crippen LogP contribution in [0.4, 0.5) is 0 Å². The van der Waals surface area contributed by atoms with Gasteiger partial charge in [0.15, 0.2) is 0 Å². The van der Waals surface area contributed by atoms with E-state index in [4.69, 9.17) is 0 Å². The molecule has 1 heterocycles. The molecule has 3 nitrogen and oxygen atoms in total. The number of aromatic amines is 1. The first-order valence-corrected chi connectivity index (χ1v) is 7.69. The lowest BCUT2D eigenvalue weighted by Gasteiger charge is -2.22. The normalized spacial score (nSPS) is 10.8. The minimum atomic E-state index is 0.0934. The highest BCUT2D eigenvalue weighted by Gasteiger charge is 2.17. The third kappa shape index (κ3) is 2.89. The molecule has 0 saturated heterocycles. The Morgan fingerprint density at radius 1 is 1.05 bits per heavy atom. The lowest BCUT2D eigenvalue weighted by atomic mass is 10.1. The Morgan fingerprint density at radius 3 is 2.64 bits per heavy atom. The number of rotatable bonds is 5. The molecule has 0 unspecified atom stereocenters. The standard InChI is InChI=1S/C19H20N2O/c1-2-13-21(14-15-7-4-3-5-8-15)19(22)17-9-6-10-18-16(17)11-12-20-18/h3-12,20H,2,13-14H2,1H3. The first kappa shape index (κ1) is 14.4. The molecular formula is C19H20N2O. The van der Waals surface area contributed by atoms with E-state index in [2.05, 4.69) is 24.0 Å². The van der Waals surface area contributed by atoms with E-state index in [0.29, 0.717) is 6.54 Å². The van der Waals surface area contributed by atoms with Crippen LogP contribution in [-0.4, -0.2) is 22.3 Å². The molecule has 0 bridgehead atoms. The Bertz CT molecular complexity index is 761. The summed E-state index contributed by atoms with van der Waals surface area (Å²) >= 11 is 0. The molecular weight excluding hydrogens is 272 g/mol. The number of benzene rings is 2. The lowest BCUT2D eigenvalue weighted by molar-refractivity contribution is 0.0745. The number of aromatic nitrogens is 1. The molecule has 1 amide bonds. The SMILES string of the molecule is CCCN(Cc1ccccc1)C(=O)c1cccc2[nH]ccc12. The van der Waals surface area contributed by atoms with Crippen LogP contribution < -0.4 is 0 Å². The molecule has 0 radical (unpaired) electrons. The van der Waals surface area contributed by atoms with Gasteiger partial charge in [0.1, 0.15) is 0 Å². The van der Waals surface area contributed by atoms with E-state index < -0.39 is 0 Å². The molecule has 2 aromatic carbocycles. The highest BCUT2D eigenvalue weighted by Crippen LogP contribution is 2.20. The molecule has 3 rings (SSSR count). The predicted octanol–water partition coefficient (Wildman–Crippen LogP) is 4.22. The smallest absolute Gasteiger partial charge is 0.254 e. The number of H-pyrrole nitrogens is 1. The molecule has 0 spiro atoms. The van der Waals surface area contributed by atoms with Crippen LogP contribution in [0.25, 0.3) is 10.9 Å². The van der Waals surface area contributed by atoms with Crippen LogP contribution in [0.5, 0.6) is 0 Å². The Labute approximate surface area is 130 Å². The van der Waals surface area contributed by atoms with Crippen molar-refractivity contribution < 1.29 is 4.79 Å². The Morgan fingerprint density at radius 2 is 1.86 bits per heavy atom. The molecule has 1 aromatic heterocycles. The Balaban J connectivity index is 1.91. The van der Waals surface area contributed by atoms with E-state index in [0.717, 1.165) is 35.0 Å². The summed E-state index contributed by atoms with van der Waals surface area (Å²) in [4.78, 5) is 18.1. The Kier molecular flexibility index (Phi) is 4.24. The zero-order chi connectivity index (χ0) is 15.4. The van der Waals surface area contributed by atoms with Gasteiger partial charge in [-0.05, 0) is 30.2 Å². The summed E-state index contributed by atoms with van der Waals surface area (Å²) in [6.07, 6.45) is 2.82. The number of hydrogen-bond acceptors (Lipinski definition) is 1. The van der Waals surface area contributed by atoms with Crippen molar-refractivity contribution in [2.45, 2.75) is 19.9 Å². The first-order valence-electron chi connectivity index (χ1n) is 7.69. The number of hydrogen-bond donors (Lipinski definition) is 1. The fourth-order valence-corrected chi connectivity index (χ4v) is 2.77. The maximum atomic E-state index is 13.0. The van der Waals surface area contributed by atoms with Crippen molar-refractivity contribution >= 4 is 16.8 Å². The topological polar surface area (TPSA) is 36.1 Å². The largest absolute Gasteiger partial charge is 0.361 e. The molecule has 22 heavy (non-hydrogen) atoms. The van der Waals surface area contributed by atoms with Gasteiger partial charge in [0.2, 0.25) is 0 Å². The fourth-order valence-electron chi connectivity index (χ4n) is 2.77. The van der Waals surface area contributed by atoms with Crippen LogP contribution >= 0.6 is 0 Å². The molecule has 0 aliphatic rings. The van der Waals surface area contributed by atoms with Crippen molar-refractivity contribution in [1.82, 2.24) is 9.88 Å². The number of nitrogens with one attached hydrogen (secondary N) is 1. The van der Waals surface area contributed by atoms with Gasteiger partial charge in [0, 0.05) is 35.8 Å². The highest BCUT2D eigenvalue weighted by atomic mass is 16.2. The van der Waals surface area contributed by atoms with Gasteiger partial charge in [0.05, 0.1) is 0 Å². The minimum absolute atomic E-state index is 0.0934. The maximum Gasteiger partial charge on any atom is 0.254 e. The third-order valence-electron chi connectivity index (χ3n) is 3.82. The quantitative estimate of drug-likeness (QED) is 0.751. The number of carbonyl (C=O) groups is 1. The zero-order valence-electron chi connectivity index (χ0n) is 12.8. The van der Waals surface area contributed by atoms with Gasteiger partial charge in [-0.25, -0.2) is 0 Å². The van der Waals surface area contributed by atoms with Crippen LogP contribution in [0, 0.1) is 0 Å². The van der Waals surface area contributed by atoms with Crippen molar-refractivity contribution in [3.8, 4) is 0 Å². The monoisotopic (exact) mass is 292 g/mol. The van der Waals surface area contributed by atoms with E-state index in [-0.39, 0.29) is 5.91 Å². The van der Waals surface area contributed by atoms with Crippen molar-refractivity contribution in [1.29, 1.82) is 0 Å². The predicted molar refractivity (Wildman–Crippen MR) is 89.8 cm³/mol. The van der Waals surface area contributed by atoms with Gasteiger partial charge in [-0.3, -0.25) is 4.79 Å². The molecule has 0 aliphatic heterocycles. The number of fused-ring (bicyclic) bond motifs is 1. The number of amides is 1. The van der Waals surface area contributed by atoms with Gasteiger partial charge in [-0.2, -0.15) is 0 Å². The second-order valence-electron chi connectivity index (χ2n) is 5.46. The summed E-state index contributed by atoms with van der Waals surface area (Å²) in [6, 6.07) is 17.9. The zero-order valence-corrected chi connectivity index (χ0v) is 12.8. The van der Waals surface area contributed by atoms with Crippen LogP contribution in [0.1, 0.15) is 29.3 Å². The van der Waals surface area contributed by atoms with Crippen LogP contribution in [0.2, 0.25) is 0 Å². The van der Waals surface area contributed by atoms with Crippen molar-refractivity contribution in [2.75, 3.05) is 6.54 Å². The molecule has 0 saturated carbocycles. The summed E-state index contributed by atoms with van der Waals surface area (Å²) < 4.78 is 0. The summed E-state index contributed by atoms with van der Waals surface area (Å²) in [7, 11) is 0. The van der Waals surface area contributed by atoms with E-state index in [9.17, 15) is 4.79 Å². The lowest BCUT2D eigenvalue weighted by Crippen LogP contribution is -2.31. The molecule has 0 fully saturated rings. The molecule has 112 valence electrons. The van der Waals surface area contributed by atoms with Crippen molar-refractivity contribution in [3.05, 3.63) is 71.9 Å². The molecule has 0 atom stereocenters. The van der Waals surface area contributed by atoms with E-state index in [1.165, 1.54) is 0 Å². The van der Waals surface area contributed by atoms with E-state index in [1.54, 1.807) is 0 Å². The third-order valence-corrected chi connectivity index (χ3v) is 3.82. The minimum Gasteiger partial charge on any atom is -0.361 e. The van der Waals surface area contributed by atoms with Gasteiger partial charge < -0.3 is 9.88 Å². The number of carbonyl (C=O) groups excluding carboxylic acids is 1. The molecule has 3 heteroatoms. The molecule has 3 aromatic rings. The van der Waals surface area contributed by atoms with Gasteiger partial charge >= 0.3 is 0 Å². The maximum absolute atomic E-state index is 13.0. The van der Waals surface area contributed by atoms with E-state index >= 15 is 0 Å². The molecule has 1 N–H and O–H groups in total. The fraction of sp³-hybridized carbons (Fsp3) is 0.211. The molecule has 0 aliphatic carbocycles. The van der Waals surface area contributed by atoms with E-state index in [1.807, 2.05) is 53.6 Å². The summed E-state index contributed by atoms with van der Waals surface area (Å²) in [5.41, 5.74) is 2.93. The average molecular weight is 292 g/mol. The first-order chi connectivity index (χ1) is 10.8. The highest BCUT2D eigenvalue weighted by molar-refractivity contribution is 6.06. The summed E-state index contributed by atoms with van der Waals surface area (Å²) in [6.45, 7) is 3.50. The second kappa shape index (κ2) is 6.48. The van der Waals surface area contributed by atoms with Crippen LogP contribution in [0.15, 0.2) is 60.8 Å². The van der Waals surface area contributed by atoms with Gasteiger partial charge in [-0.1, -0.05) is 43.3 Å². The van der Waals surface area contributed by atoms with Gasteiger partial charge in [-0.15, -0.1) is 0 Å². The van der Waals surface area contributed by atoms with Crippen molar-refractivity contribution in [3.63, 3.8) is 0 Å². The Hall–Kier alpha value is -2.55. The van der Waals surface area contributed by atoms with Crippen LogP contribution in [0.3, 0.4) is 0 Å². The average Bonchev–Trinajstić information content (AvgIpc) is 3.03.